The quantitative estimate of drug-likeness (QED) is 0.838. The molecule has 1 saturated carbocycles. The van der Waals surface area contributed by atoms with Gasteiger partial charge in [-0.3, -0.25) is 4.90 Å². The van der Waals surface area contributed by atoms with E-state index in [0.717, 1.165) is 12.6 Å². The molecule has 0 aromatic heterocycles. The van der Waals surface area contributed by atoms with Crippen LogP contribution in [0.2, 0.25) is 0 Å². The molecule has 2 unspecified atom stereocenters. The number of likely N-dealkylation sites (tertiary alicyclic amines) is 1. The first-order valence-corrected chi connectivity index (χ1v) is 8.50. The van der Waals surface area contributed by atoms with E-state index in [1.165, 1.54) is 64.3 Å². The van der Waals surface area contributed by atoms with Crippen molar-refractivity contribution in [3.05, 3.63) is 0 Å². The lowest BCUT2D eigenvalue weighted by Crippen LogP contribution is -2.60. The van der Waals surface area contributed by atoms with E-state index in [9.17, 15) is 0 Å². The molecule has 19 heavy (non-hydrogen) atoms. The van der Waals surface area contributed by atoms with Gasteiger partial charge >= 0.3 is 0 Å². The first-order valence-electron chi connectivity index (χ1n) is 8.50. The van der Waals surface area contributed by atoms with Crippen LogP contribution in [-0.2, 0) is 0 Å². The molecule has 1 heterocycles. The molecule has 1 aliphatic carbocycles. The minimum atomic E-state index is 0.298. The molecule has 0 aromatic carbocycles. The highest BCUT2D eigenvalue weighted by Crippen LogP contribution is 2.45. The van der Waals surface area contributed by atoms with Gasteiger partial charge in [-0.15, -0.1) is 0 Å². The summed E-state index contributed by atoms with van der Waals surface area (Å²) >= 11 is 0. The van der Waals surface area contributed by atoms with Crippen LogP contribution in [0, 0.1) is 5.41 Å². The molecular weight excluding hydrogens is 232 g/mol. The van der Waals surface area contributed by atoms with E-state index in [4.69, 9.17) is 5.73 Å². The Hall–Kier alpha value is -0.0800. The summed E-state index contributed by atoms with van der Waals surface area (Å²) in [7, 11) is 0. The van der Waals surface area contributed by atoms with Gasteiger partial charge in [0.25, 0.3) is 0 Å². The highest BCUT2D eigenvalue weighted by molar-refractivity contribution is 5.01. The van der Waals surface area contributed by atoms with Crippen molar-refractivity contribution in [3.8, 4) is 0 Å². The summed E-state index contributed by atoms with van der Waals surface area (Å²) in [6, 6.07) is 0.778. The molecule has 2 N–H and O–H groups in total. The van der Waals surface area contributed by atoms with Gasteiger partial charge in [-0.2, -0.15) is 0 Å². The summed E-state index contributed by atoms with van der Waals surface area (Å²) in [5.74, 6) is 0. The average molecular weight is 266 g/mol. The monoisotopic (exact) mass is 266 g/mol. The summed E-state index contributed by atoms with van der Waals surface area (Å²) < 4.78 is 0. The second kappa shape index (κ2) is 6.13. The van der Waals surface area contributed by atoms with Gasteiger partial charge in [0.1, 0.15) is 0 Å². The third-order valence-electron chi connectivity index (χ3n) is 5.64. The van der Waals surface area contributed by atoms with E-state index < -0.39 is 0 Å². The van der Waals surface area contributed by atoms with Crippen molar-refractivity contribution >= 4 is 0 Å². The van der Waals surface area contributed by atoms with Crippen LogP contribution >= 0.6 is 0 Å². The van der Waals surface area contributed by atoms with Crippen LogP contribution in [0.4, 0.5) is 0 Å². The maximum atomic E-state index is 6.32. The van der Waals surface area contributed by atoms with Crippen LogP contribution < -0.4 is 5.73 Å². The second-order valence-electron chi connectivity index (χ2n) is 7.73. The van der Waals surface area contributed by atoms with E-state index in [1.807, 2.05) is 0 Å². The molecule has 2 aliphatic rings. The van der Waals surface area contributed by atoms with Crippen molar-refractivity contribution in [1.82, 2.24) is 4.90 Å². The van der Waals surface area contributed by atoms with E-state index >= 15 is 0 Å². The Labute approximate surface area is 120 Å². The fourth-order valence-corrected chi connectivity index (χ4v) is 4.73. The van der Waals surface area contributed by atoms with Crippen molar-refractivity contribution in [2.24, 2.45) is 11.1 Å². The summed E-state index contributed by atoms with van der Waals surface area (Å²) in [6.07, 6.45) is 12.2. The Kier molecular flexibility index (Phi) is 4.94. The van der Waals surface area contributed by atoms with E-state index in [2.05, 4.69) is 25.7 Å². The molecule has 2 nitrogen and oxygen atoms in total. The van der Waals surface area contributed by atoms with Crippen LogP contribution in [0.5, 0.6) is 0 Å². The molecule has 0 amide bonds. The Balaban J connectivity index is 2.22. The van der Waals surface area contributed by atoms with Crippen LogP contribution in [0.15, 0.2) is 0 Å². The number of hydrogen-bond donors (Lipinski definition) is 1. The molecule has 2 rings (SSSR count). The van der Waals surface area contributed by atoms with Gasteiger partial charge in [0.15, 0.2) is 0 Å². The van der Waals surface area contributed by atoms with Crippen molar-refractivity contribution in [1.29, 1.82) is 0 Å². The standard InChI is InChI=1S/C17H34N2/c1-4-15-9-6-5-7-12-19(15)17(14-18)11-8-10-16(2,3)13-17/h15H,4-14,18H2,1-3H3. The van der Waals surface area contributed by atoms with Gasteiger partial charge in [-0.25, -0.2) is 0 Å². The minimum absolute atomic E-state index is 0.298. The van der Waals surface area contributed by atoms with Crippen molar-refractivity contribution in [3.63, 3.8) is 0 Å². The Morgan fingerprint density at radius 1 is 1.11 bits per heavy atom. The number of hydrogen-bond acceptors (Lipinski definition) is 2. The first kappa shape index (κ1) is 15.3. The normalized spacial score (nSPS) is 36.9. The molecule has 1 saturated heterocycles. The lowest BCUT2D eigenvalue weighted by atomic mass is 9.67. The molecule has 2 heteroatoms. The predicted octanol–water partition coefficient (Wildman–Crippen LogP) is 3.94. The van der Waals surface area contributed by atoms with Crippen LogP contribution in [0.25, 0.3) is 0 Å². The molecule has 2 fully saturated rings. The van der Waals surface area contributed by atoms with Crippen LogP contribution in [0.1, 0.15) is 78.6 Å². The highest BCUT2D eigenvalue weighted by Gasteiger charge is 2.45. The zero-order chi connectivity index (χ0) is 13.9. The molecular formula is C17H34N2. The zero-order valence-corrected chi connectivity index (χ0v) is 13.4. The number of rotatable bonds is 3. The van der Waals surface area contributed by atoms with Crippen LogP contribution in [0.3, 0.4) is 0 Å². The van der Waals surface area contributed by atoms with Gasteiger partial charge in [0.2, 0.25) is 0 Å². The summed E-state index contributed by atoms with van der Waals surface area (Å²) in [5.41, 5.74) is 7.09. The number of nitrogens with zero attached hydrogens (tertiary/aromatic N) is 1. The largest absolute Gasteiger partial charge is 0.329 e. The zero-order valence-electron chi connectivity index (χ0n) is 13.4. The second-order valence-corrected chi connectivity index (χ2v) is 7.73. The Morgan fingerprint density at radius 2 is 1.89 bits per heavy atom. The van der Waals surface area contributed by atoms with Gasteiger partial charge in [-0.05, 0) is 50.5 Å². The molecule has 0 bridgehead atoms. The maximum Gasteiger partial charge on any atom is 0.0339 e. The molecule has 0 radical (unpaired) electrons. The highest BCUT2D eigenvalue weighted by atomic mass is 15.2. The van der Waals surface area contributed by atoms with Gasteiger partial charge in [0.05, 0.1) is 0 Å². The first-order chi connectivity index (χ1) is 9.03. The number of nitrogens with two attached hydrogens (primary N) is 1. The third kappa shape index (κ3) is 3.33. The van der Waals surface area contributed by atoms with E-state index in [1.54, 1.807) is 0 Å². The lowest BCUT2D eigenvalue weighted by molar-refractivity contribution is -0.0181. The lowest BCUT2D eigenvalue weighted by Gasteiger charge is -2.53. The van der Waals surface area contributed by atoms with Gasteiger partial charge in [0, 0.05) is 18.1 Å². The smallest absolute Gasteiger partial charge is 0.0339 e. The van der Waals surface area contributed by atoms with Crippen molar-refractivity contribution in [2.75, 3.05) is 13.1 Å². The average Bonchev–Trinajstić information content (AvgIpc) is 2.62. The molecule has 0 aromatic rings. The van der Waals surface area contributed by atoms with Crippen LogP contribution in [-0.4, -0.2) is 29.6 Å². The topological polar surface area (TPSA) is 29.3 Å². The van der Waals surface area contributed by atoms with E-state index in [-0.39, 0.29) is 0 Å². The molecule has 2 atom stereocenters. The third-order valence-corrected chi connectivity index (χ3v) is 5.64. The Morgan fingerprint density at radius 3 is 2.53 bits per heavy atom. The fourth-order valence-electron chi connectivity index (χ4n) is 4.73. The summed E-state index contributed by atoms with van der Waals surface area (Å²) in [4.78, 5) is 2.85. The van der Waals surface area contributed by atoms with Crippen molar-refractivity contribution in [2.45, 2.75) is 90.1 Å². The van der Waals surface area contributed by atoms with Crippen molar-refractivity contribution < 1.29 is 0 Å². The molecule has 0 spiro atoms. The van der Waals surface area contributed by atoms with Gasteiger partial charge < -0.3 is 5.73 Å². The summed E-state index contributed by atoms with van der Waals surface area (Å²) in [5, 5.41) is 0. The molecule has 112 valence electrons. The van der Waals surface area contributed by atoms with E-state index in [0.29, 0.717) is 11.0 Å². The molecule has 1 aliphatic heterocycles. The minimum Gasteiger partial charge on any atom is -0.329 e. The fraction of sp³-hybridized carbons (Fsp3) is 1.00. The predicted molar refractivity (Wildman–Crippen MR) is 83.3 cm³/mol. The SMILES string of the molecule is CCC1CCCCCN1C1(CN)CCCC(C)(C)C1. The maximum absolute atomic E-state index is 6.32. The Bertz CT molecular complexity index is 287. The van der Waals surface area contributed by atoms with Gasteiger partial charge in [-0.1, -0.05) is 40.0 Å². The summed E-state index contributed by atoms with van der Waals surface area (Å²) in [6.45, 7) is 9.38.